The van der Waals surface area contributed by atoms with E-state index in [0.29, 0.717) is 18.3 Å². The molecule has 1 aromatic heterocycles. The van der Waals surface area contributed by atoms with Gasteiger partial charge in [-0.05, 0) is 42.7 Å². The van der Waals surface area contributed by atoms with E-state index in [0.717, 1.165) is 30.0 Å². The summed E-state index contributed by atoms with van der Waals surface area (Å²) in [4.78, 5) is 16.4. The summed E-state index contributed by atoms with van der Waals surface area (Å²) in [6, 6.07) is 11.7. The third-order valence-corrected chi connectivity index (χ3v) is 4.59. The molecule has 1 heterocycles. The Morgan fingerprint density at radius 2 is 1.88 bits per heavy atom. The molecule has 6 heteroatoms. The maximum atomic E-state index is 12.1. The predicted molar refractivity (Wildman–Crippen MR) is 104 cm³/mol. The molecule has 1 fully saturated rings. The van der Waals surface area contributed by atoms with Crippen molar-refractivity contribution in [3.05, 3.63) is 48.2 Å². The first-order valence-electron chi connectivity index (χ1n) is 9.13. The Hall–Kier alpha value is -2.76. The van der Waals surface area contributed by atoms with Gasteiger partial charge < -0.3 is 20.7 Å². The van der Waals surface area contributed by atoms with E-state index in [1.165, 1.54) is 19.3 Å². The van der Waals surface area contributed by atoms with Gasteiger partial charge in [0, 0.05) is 12.6 Å². The van der Waals surface area contributed by atoms with Crippen LogP contribution in [-0.2, 0) is 6.54 Å². The normalized spacial score (nSPS) is 14.5. The van der Waals surface area contributed by atoms with Crippen molar-refractivity contribution >= 4 is 17.5 Å². The lowest BCUT2D eigenvalue weighted by atomic mass is 9.96. The van der Waals surface area contributed by atoms with Crippen LogP contribution in [0.15, 0.2) is 42.6 Å². The van der Waals surface area contributed by atoms with Gasteiger partial charge in [-0.1, -0.05) is 31.4 Å². The molecule has 1 saturated carbocycles. The van der Waals surface area contributed by atoms with Crippen molar-refractivity contribution in [3.63, 3.8) is 0 Å². The SMILES string of the molecule is COc1ccc(CNc2ccc(NC(=O)NC3CCCCC3)cn2)cc1. The Labute approximate surface area is 154 Å². The van der Waals surface area contributed by atoms with Crippen LogP contribution in [0, 0.1) is 0 Å². The second kappa shape index (κ2) is 9.08. The number of urea groups is 1. The zero-order valence-corrected chi connectivity index (χ0v) is 15.1. The third-order valence-electron chi connectivity index (χ3n) is 4.59. The van der Waals surface area contributed by atoms with Gasteiger partial charge in [0.1, 0.15) is 11.6 Å². The van der Waals surface area contributed by atoms with Crippen LogP contribution in [0.5, 0.6) is 5.75 Å². The Morgan fingerprint density at radius 3 is 2.54 bits per heavy atom. The van der Waals surface area contributed by atoms with Gasteiger partial charge in [0.2, 0.25) is 0 Å². The second-order valence-corrected chi connectivity index (χ2v) is 6.57. The molecule has 1 aromatic carbocycles. The third kappa shape index (κ3) is 5.37. The molecule has 0 radical (unpaired) electrons. The maximum absolute atomic E-state index is 12.1. The Bertz CT molecular complexity index is 695. The highest BCUT2D eigenvalue weighted by molar-refractivity contribution is 5.89. The van der Waals surface area contributed by atoms with E-state index >= 15 is 0 Å². The summed E-state index contributed by atoms with van der Waals surface area (Å²) in [7, 11) is 1.65. The van der Waals surface area contributed by atoms with E-state index in [9.17, 15) is 4.79 Å². The molecule has 26 heavy (non-hydrogen) atoms. The molecule has 2 amide bonds. The second-order valence-electron chi connectivity index (χ2n) is 6.57. The van der Waals surface area contributed by atoms with E-state index in [-0.39, 0.29) is 6.03 Å². The van der Waals surface area contributed by atoms with Crippen LogP contribution in [0.1, 0.15) is 37.7 Å². The Balaban J connectivity index is 1.45. The lowest BCUT2D eigenvalue weighted by Gasteiger charge is -2.22. The molecular formula is C20H26N4O2. The van der Waals surface area contributed by atoms with Crippen LogP contribution in [0.25, 0.3) is 0 Å². The van der Waals surface area contributed by atoms with Crippen LogP contribution in [-0.4, -0.2) is 24.2 Å². The fraction of sp³-hybridized carbons (Fsp3) is 0.400. The van der Waals surface area contributed by atoms with E-state index in [1.54, 1.807) is 13.3 Å². The van der Waals surface area contributed by atoms with Crippen molar-refractivity contribution in [2.75, 3.05) is 17.7 Å². The predicted octanol–water partition coefficient (Wildman–Crippen LogP) is 4.16. The molecule has 6 nitrogen and oxygen atoms in total. The van der Waals surface area contributed by atoms with Crippen molar-refractivity contribution in [1.29, 1.82) is 0 Å². The summed E-state index contributed by atoms with van der Waals surface area (Å²) in [5.41, 5.74) is 1.83. The number of anilines is 2. The minimum atomic E-state index is -0.155. The molecule has 0 bridgehead atoms. The number of ether oxygens (including phenoxy) is 1. The molecule has 1 aliphatic carbocycles. The van der Waals surface area contributed by atoms with Crippen molar-refractivity contribution in [2.24, 2.45) is 0 Å². The number of benzene rings is 1. The van der Waals surface area contributed by atoms with Gasteiger partial charge in [0.05, 0.1) is 19.0 Å². The lowest BCUT2D eigenvalue weighted by Crippen LogP contribution is -2.39. The summed E-state index contributed by atoms with van der Waals surface area (Å²) < 4.78 is 5.15. The zero-order chi connectivity index (χ0) is 18.2. The molecule has 3 N–H and O–H groups in total. The number of amides is 2. The van der Waals surface area contributed by atoms with Crippen LogP contribution in [0.4, 0.5) is 16.3 Å². The minimum Gasteiger partial charge on any atom is -0.497 e. The quantitative estimate of drug-likeness (QED) is 0.728. The number of rotatable bonds is 6. The van der Waals surface area contributed by atoms with Gasteiger partial charge in [-0.3, -0.25) is 0 Å². The molecule has 0 atom stereocenters. The number of aromatic nitrogens is 1. The standard InChI is InChI=1S/C20H26N4O2/c1-26-18-10-7-15(8-11-18)13-21-19-12-9-17(14-22-19)24-20(25)23-16-5-3-2-4-6-16/h7-12,14,16H,2-6,13H2,1H3,(H,21,22)(H2,23,24,25). The van der Waals surface area contributed by atoms with Gasteiger partial charge in [-0.15, -0.1) is 0 Å². The highest BCUT2D eigenvalue weighted by Crippen LogP contribution is 2.18. The smallest absolute Gasteiger partial charge is 0.319 e. The summed E-state index contributed by atoms with van der Waals surface area (Å²) in [6.45, 7) is 0.673. The molecule has 3 rings (SSSR count). The number of nitrogens with one attached hydrogen (secondary N) is 3. The molecule has 0 spiro atoms. The van der Waals surface area contributed by atoms with Crippen molar-refractivity contribution in [1.82, 2.24) is 10.3 Å². The topological polar surface area (TPSA) is 75.3 Å². The van der Waals surface area contributed by atoms with Crippen LogP contribution in [0.2, 0.25) is 0 Å². The van der Waals surface area contributed by atoms with Crippen LogP contribution in [0.3, 0.4) is 0 Å². The monoisotopic (exact) mass is 354 g/mol. The van der Waals surface area contributed by atoms with Gasteiger partial charge in [0.15, 0.2) is 0 Å². The fourth-order valence-electron chi connectivity index (χ4n) is 3.11. The van der Waals surface area contributed by atoms with Crippen molar-refractivity contribution in [2.45, 2.75) is 44.7 Å². The minimum absolute atomic E-state index is 0.155. The first-order valence-corrected chi connectivity index (χ1v) is 9.13. The summed E-state index contributed by atoms with van der Waals surface area (Å²) in [6.07, 6.45) is 7.47. The Kier molecular flexibility index (Phi) is 6.30. The summed E-state index contributed by atoms with van der Waals surface area (Å²) in [5, 5.41) is 9.15. The fourth-order valence-corrected chi connectivity index (χ4v) is 3.11. The number of methoxy groups -OCH3 is 1. The molecule has 0 unspecified atom stereocenters. The van der Waals surface area contributed by atoms with Crippen LogP contribution < -0.4 is 20.7 Å². The van der Waals surface area contributed by atoms with Gasteiger partial charge in [-0.2, -0.15) is 0 Å². The average molecular weight is 354 g/mol. The maximum Gasteiger partial charge on any atom is 0.319 e. The molecule has 0 saturated heterocycles. The number of pyridine rings is 1. The van der Waals surface area contributed by atoms with E-state index < -0.39 is 0 Å². The number of nitrogens with zero attached hydrogens (tertiary/aromatic N) is 1. The number of carbonyl (C=O) groups is 1. The zero-order valence-electron chi connectivity index (χ0n) is 15.1. The summed E-state index contributed by atoms with van der Waals surface area (Å²) >= 11 is 0. The van der Waals surface area contributed by atoms with E-state index in [2.05, 4.69) is 20.9 Å². The first-order chi connectivity index (χ1) is 12.7. The number of hydrogen-bond donors (Lipinski definition) is 3. The van der Waals surface area contributed by atoms with E-state index in [4.69, 9.17) is 4.74 Å². The molecule has 1 aliphatic rings. The molecule has 138 valence electrons. The molecule has 2 aromatic rings. The van der Waals surface area contributed by atoms with Gasteiger partial charge >= 0.3 is 6.03 Å². The van der Waals surface area contributed by atoms with Crippen molar-refractivity contribution < 1.29 is 9.53 Å². The van der Waals surface area contributed by atoms with Gasteiger partial charge in [-0.25, -0.2) is 9.78 Å². The highest BCUT2D eigenvalue weighted by Gasteiger charge is 2.15. The van der Waals surface area contributed by atoms with E-state index in [1.807, 2.05) is 36.4 Å². The molecular weight excluding hydrogens is 328 g/mol. The highest BCUT2D eigenvalue weighted by atomic mass is 16.5. The van der Waals surface area contributed by atoms with Crippen LogP contribution >= 0.6 is 0 Å². The number of carbonyl (C=O) groups excluding carboxylic acids is 1. The summed E-state index contributed by atoms with van der Waals surface area (Å²) in [5.74, 6) is 1.60. The Morgan fingerprint density at radius 1 is 1.12 bits per heavy atom. The average Bonchev–Trinajstić information content (AvgIpc) is 2.68. The first kappa shape index (κ1) is 18.0. The van der Waals surface area contributed by atoms with Gasteiger partial charge in [0.25, 0.3) is 0 Å². The molecule has 0 aliphatic heterocycles. The van der Waals surface area contributed by atoms with Crippen molar-refractivity contribution in [3.8, 4) is 5.75 Å². The number of hydrogen-bond acceptors (Lipinski definition) is 4. The largest absolute Gasteiger partial charge is 0.497 e. The lowest BCUT2D eigenvalue weighted by molar-refractivity contribution is 0.244.